The predicted octanol–water partition coefficient (Wildman–Crippen LogP) is 4.20. The zero-order valence-electron chi connectivity index (χ0n) is 12.4. The van der Waals surface area contributed by atoms with E-state index < -0.39 is 0 Å². The maximum atomic E-state index is 13.1. The highest BCUT2D eigenvalue weighted by Gasteiger charge is 2.06. The second kappa shape index (κ2) is 7.59. The Morgan fingerprint density at radius 2 is 1.88 bits per heavy atom. The van der Waals surface area contributed by atoms with Gasteiger partial charge in [-0.2, -0.15) is 0 Å². The SMILES string of the molecule is O=C(CCSc1ccc(F)cc1)NNc1nc2ccc(F)cc2s1. The van der Waals surface area contributed by atoms with Crippen LogP contribution in [0.2, 0.25) is 0 Å². The number of hydrogen-bond acceptors (Lipinski definition) is 5. The molecule has 0 aliphatic rings. The topological polar surface area (TPSA) is 54.0 Å². The number of thiazole rings is 1. The molecule has 3 rings (SSSR count). The zero-order chi connectivity index (χ0) is 16.9. The van der Waals surface area contributed by atoms with Gasteiger partial charge in [0.2, 0.25) is 11.0 Å². The van der Waals surface area contributed by atoms with Crippen molar-refractivity contribution in [2.24, 2.45) is 0 Å². The highest BCUT2D eigenvalue weighted by molar-refractivity contribution is 7.99. The molecule has 0 saturated heterocycles. The highest BCUT2D eigenvalue weighted by atomic mass is 32.2. The molecule has 3 aromatic rings. The molecule has 24 heavy (non-hydrogen) atoms. The van der Waals surface area contributed by atoms with E-state index in [0.29, 0.717) is 27.5 Å². The first-order chi connectivity index (χ1) is 11.6. The summed E-state index contributed by atoms with van der Waals surface area (Å²) in [5.41, 5.74) is 5.97. The average molecular weight is 365 g/mol. The minimum atomic E-state index is -0.320. The number of thioether (sulfide) groups is 1. The van der Waals surface area contributed by atoms with Gasteiger partial charge in [-0.1, -0.05) is 11.3 Å². The molecule has 0 bridgehead atoms. The molecule has 4 nitrogen and oxygen atoms in total. The summed E-state index contributed by atoms with van der Waals surface area (Å²) in [5.74, 6) is -0.212. The second-order valence-electron chi connectivity index (χ2n) is 4.86. The van der Waals surface area contributed by atoms with Crippen LogP contribution >= 0.6 is 23.1 Å². The number of anilines is 1. The van der Waals surface area contributed by atoms with E-state index in [9.17, 15) is 13.6 Å². The monoisotopic (exact) mass is 365 g/mol. The Morgan fingerprint density at radius 3 is 2.67 bits per heavy atom. The molecule has 2 aromatic carbocycles. The van der Waals surface area contributed by atoms with Crippen LogP contribution in [0.4, 0.5) is 13.9 Å². The lowest BCUT2D eigenvalue weighted by Gasteiger charge is -2.05. The lowest BCUT2D eigenvalue weighted by Crippen LogP contribution is -2.29. The van der Waals surface area contributed by atoms with Gasteiger partial charge < -0.3 is 0 Å². The fourth-order valence-electron chi connectivity index (χ4n) is 1.93. The molecule has 0 spiro atoms. The molecular formula is C16H13F2N3OS2. The quantitative estimate of drug-likeness (QED) is 0.508. The summed E-state index contributed by atoms with van der Waals surface area (Å²) in [6.45, 7) is 0. The molecule has 8 heteroatoms. The van der Waals surface area contributed by atoms with E-state index in [4.69, 9.17) is 0 Å². The van der Waals surface area contributed by atoms with Gasteiger partial charge in [0.25, 0.3) is 0 Å². The van der Waals surface area contributed by atoms with E-state index >= 15 is 0 Å². The summed E-state index contributed by atoms with van der Waals surface area (Å²) >= 11 is 2.73. The van der Waals surface area contributed by atoms with Crippen LogP contribution in [0.1, 0.15) is 6.42 Å². The van der Waals surface area contributed by atoms with Crippen LogP contribution in [-0.4, -0.2) is 16.6 Å². The third-order valence-electron chi connectivity index (χ3n) is 3.07. The van der Waals surface area contributed by atoms with Gasteiger partial charge in [0.15, 0.2) is 0 Å². The number of nitrogens with one attached hydrogen (secondary N) is 2. The number of rotatable bonds is 6. The third-order valence-corrected chi connectivity index (χ3v) is 5.02. The van der Waals surface area contributed by atoms with Crippen molar-refractivity contribution in [1.29, 1.82) is 0 Å². The van der Waals surface area contributed by atoms with Crippen molar-refractivity contribution in [3.05, 3.63) is 54.1 Å². The Morgan fingerprint density at radius 1 is 1.12 bits per heavy atom. The Labute approximate surface area is 145 Å². The third kappa shape index (κ3) is 4.42. The maximum absolute atomic E-state index is 13.1. The van der Waals surface area contributed by atoms with Crippen LogP contribution in [0.5, 0.6) is 0 Å². The molecule has 0 aliphatic carbocycles. The van der Waals surface area contributed by atoms with Gasteiger partial charge in [0.1, 0.15) is 11.6 Å². The van der Waals surface area contributed by atoms with Gasteiger partial charge >= 0.3 is 0 Å². The summed E-state index contributed by atoms with van der Waals surface area (Å²) in [4.78, 5) is 17.0. The summed E-state index contributed by atoms with van der Waals surface area (Å²) in [6.07, 6.45) is 0.300. The van der Waals surface area contributed by atoms with E-state index in [0.717, 1.165) is 4.90 Å². The van der Waals surface area contributed by atoms with Gasteiger partial charge in [-0.3, -0.25) is 15.6 Å². The van der Waals surface area contributed by atoms with E-state index in [1.165, 1.54) is 47.4 Å². The number of fused-ring (bicyclic) bond motifs is 1. The van der Waals surface area contributed by atoms with E-state index in [-0.39, 0.29) is 17.5 Å². The van der Waals surface area contributed by atoms with Gasteiger partial charge in [0, 0.05) is 17.1 Å². The molecule has 0 radical (unpaired) electrons. The van der Waals surface area contributed by atoms with Gasteiger partial charge in [-0.05, 0) is 42.5 Å². The van der Waals surface area contributed by atoms with Crippen molar-refractivity contribution in [1.82, 2.24) is 10.4 Å². The predicted molar refractivity (Wildman–Crippen MR) is 93.1 cm³/mol. The van der Waals surface area contributed by atoms with Crippen LogP contribution in [0.25, 0.3) is 10.2 Å². The summed E-state index contributed by atoms with van der Waals surface area (Å²) in [5, 5.41) is 0.495. The molecule has 1 heterocycles. The second-order valence-corrected chi connectivity index (χ2v) is 7.06. The molecule has 0 atom stereocenters. The van der Waals surface area contributed by atoms with Crippen LogP contribution < -0.4 is 10.9 Å². The highest BCUT2D eigenvalue weighted by Crippen LogP contribution is 2.26. The lowest BCUT2D eigenvalue weighted by molar-refractivity contribution is -0.120. The standard InChI is InChI=1S/C16H13F2N3OS2/c17-10-1-4-12(5-2-10)23-8-7-15(22)20-21-16-19-13-6-3-11(18)9-14(13)24-16/h1-6,9H,7-8H2,(H,19,21)(H,20,22). The fourth-order valence-corrected chi connectivity index (χ4v) is 3.63. The summed E-state index contributed by atoms with van der Waals surface area (Å²) in [6, 6.07) is 10.5. The number of hydrogen-bond donors (Lipinski definition) is 2. The molecule has 124 valence electrons. The molecule has 0 saturated carbocycles. The molecule has 1 amide bonds. The Balaban J connectivity index is 1.45. The summed E-state index contributed by atoms with van der Waals surface area (Å²) in [7, 11) is 0. The normalized spacial score (nSPS) is 10.8. The molecular weight excluding hydrogens is 352 g/mol. The zero-order valence-corrected chi connectivity index (χ0v) is 14.0. The fraction of sp³-hybridized carbons (Fsp3) is 0.125. The van der Waals surface area contributed by atoms with Crippen LogP contribution in [0.3, 0.4) is 0 Å². The number of aromatic nitrogens is 1. The number of halogens is 2. The molecule has 0 aliphatic heterocycles. The first-order valence-corrected chi connectivity index (χ1v) is 8.90. The first-order valence-electron chi connectivity index (χ1n) is 7.09. The van der Waals surface area contributed by atoms with E-state index in [1.807, 2.05) is 0 Å². The Hall–Kier alpha value is -2.19. The summed E-state index contributed by atoms with van der Waals surface area (Å²) < 4.78 is 26.6. The molecule has 0 unspecified atom stereocenters. The smallest absolute Gasteiger partial charge is 0.239 e. The van der Waals surface area contributed by atoms with Gasteiger partial charge in [0.05, 0.1) is 10.2 Å². The van der Waals surface area contributed by atoms with Crippen LogP contribution in [-0.2, 0) is 4.79 Å². The minimum Gasteiger partial charge on any atom is -0.273 e. The van der Waals surface area contributed by atoms with Crippen LogP contribution in [0, 0.1) is 11.6 Å². The van der Waals surface area contributed by atoms with Crippen molar-refractivity contribution in [3.8, 4) is 0 Å². The van der Waals surface area contributed by atoms with Crippen molar-refractivity contribution in [2.45, 2.75) is 11.3 Å². The number of hydrazine groups is 1. The number of amides is 1. The minimum absolute atomic E-state index is 0.185. The molecule has 2 N–H and O–H groups in total. The van der Waals surface area contributed by atoms with E-state index in [1.54, 1.807) is 18.2 Å². The average Bonchev–Trinajstić information content (AvgIpc) is 2.97. The van der Waals surface area contributed by atoms with Crippen molar-refractivity contribution < 1.29 is 13.6 Å². The van der Waals surface area contributed by atoms with Crippen molar-refractivity contribution in [3.63, 3.8) is 0 Å². The lowest BCUT2D eigenvalue weighted by atomic mass is 10.3. The van der Waals surface area contributed by atoms with Gasteiger partial charge in [-0.25, -0.2) is 13.8 Å². The van der Waals surface area contributed by atoms with E-state index in [2.05, 4.69) is 15.8 Å². The number of benzene rings is 2. The van der Waals surface area contributed by atoms with Crippen molar-refractivity contribution >= 4 is 44.4 Å². The van der Waals surface area contributed by atoms with Gasteiger partial charge in [-0.15, -0.1) is 11.8 Å². The number of nitrogens with zero attached hydrogens (tertiary/aromatic N) is 1. The molecule has 1 aromatic heterocycles. The molecule has 0 fully saturated rings. The Bertz CT molecular complexity index is 852. The number of carbonyl (C=O) groups is 1. The largest absolute Gasteiger partial charge is 0.273 e. The van der Waals surface area contributed by atoms with Crippen LogP contribution in [0.15, 0.2) is 47.4 Å². The Kier molecular flexibility index (Phi) is 5.27. The number of carbonyl (C=O) groups excluding carboxylic acids is 1. The maximum Gasteiger partial charge on any atom is 0.239 e. The first kappa shape index (κ1) is 16.7. The van der Waals surface area contributed by atoms with Crippen molar-refractivity contribution in [2.75, 3.05) is 11.2 Å².